The van der Waals surface area contributed by atoms with E-state index >= 15 is 0 Å². The van der Waals surface area contributed by atoms with Gasteiger partial charge in [-0.05, 0) is 32.0 Å². The molecule has 0 fully saturated rings. The molecule has 0 atom stereocenters. The largest absolute Gasteiger partial charge is 0.417 e. The number of anilines is 1. The van der Waals surface area contributed by atoms with E-state index in [0.717, 1.165) is 6.07 Å². The zero-order chi connectivity index (χ0) is 16.7. The third kappa shape index (κ3) is 3.27. The van der Waals surface area contributed by atoms with E-state index in [4.69, 9.17) is 4.52 Å². The molecule has 0 aliphatic carbocycles. The first-order valence-corrected chi connectivity index (χ1v) is 8.12. The molecule has 1 aromatic heterocycles. The van der Waals surface area contributed by atoms with Crippen LogP contribution in [0, 0.1) is 13.8 Å². The number of nitrogens with one attached hydrogen (secondary N) is 1. The van der Waals surface area contributed by atoms with Crippen molar-refractivity contribution in [2.24, 2.45) is 0 Å². The van der Waals surface area contributed by atoms with Crippen LogP contribution < -0.4 is 4.72 Å². The van der Waals surface area contributed by atoms with Crippen LogP contribution in [0.5, 0.6) is 0 Å². The lowest BCUT2D eigenvalue weighted by atomic mass is 10.2. The van der Waals surface area contributed by atoms with Crippen LogP contribution in [0.2, 0.25) is 0 Å². The fraction of sp³-hybridized carbons (Fsp3) is 0.250. The zero-order valence-corrected chi connectivity index (χ0v) is 13.7. The van der Waals surface area contributed by atoms with Gasteiger partial charge < -0.3 is 4.52 Å². The summed E-state index contributed by atoms with van der Waals surface area (Å²) in [6.45, 7) is 2.82. The van der Waals surface area contributed by atoms with Crippen LogP contribution in [0.15, 0.2) is 32.1 Å². The quantitative estimate of drug-likeness (QED) is 0.851. The van der Waals surface area contributed by atoms with E-state index in [1.54, 1.807) is 0 Å². The van der Waals surface area contributed by atoms with Crippen molar-refractivity contribution in [1.82, 2.24) is 5.16 Å². The van der Waals surface area contributed by atoms with Gasteiger partial charge >= 0.3 is 6.18 Å². The molecule has 0 aliphatic rings. The Labute approximate surface area is 132 Å². The number of hydrogen-bond acceptors (Lipinski definition) is 4. The van der Waals surface area contributed by atoms with Gasteiger partial charge in [0, 0.05) is 10.2 Å². The monoisotopic (exact) mass is 398 g/mol. The van der Waals surface area contributed by atoms with Gasteiger partial charge in [0.05, 0.1) is 5.56 Å². The van der Waals surface area contributed by atoms with Crippen molar-refractivity contribution < 1.29 is 26.1 Å². The summed E-state index contributed by atoms with van der Waals surface area (Å²) in [6.07, 6.45) is -4.61. The first-order valence-electron chi connectivity index (χ1n) is 5.85. The fourth-order valence-electron chi connectivity index (χ4n) is 1.87. The van der Waals surface area contributed by atoms with Crippen LogP contribution in [-0.2, 0) is 16.2 Å². The highest BCUT2D eigenvalue weighted by Crippen LogP contribution is 2.36. The van der Waals surface area contributed by atoms with Crippen molar-refractivity contribution in [2.75, 3.05) is 4.72 Å². The molecule has 0 saturated heterocycles. The van der Waals surface area contributed by atoms with Gasteiger partial charge in [0.15, 0.2) is 10.7 Å². The van der Waals surface area contributed by atoms with Crippen molar-refractivity contribution in [2.45, 2.75) is 24.9 Å². The second-order valence-corrected chi connectivity index (χ2v) is 6.92. The SMILES string of the molecule is Cc1noc(C)c1S(=O)(=O)Nc1ccc(Br)c(C(F)(F)F)c1. The van der Waals surface area contributed by atoms with Gasteiger partial charge in [0.25, 0.3) is 10.0 Å². The van der Waals surface area contributed by atoms with Crippen LogP contribution in [0.3, 0.4) is 0 Å². The molecule has 0 saturated carbocycles. The molecule has 0 aliphatic heterocycles. The van der Waals surface area contributed by atoms with Gasteiger partial charge in [-0.1, -0.05) is 21.1 Å². The van der Waals surface area contributed by atoms with Crippen molar-refractivity contribution in [3.05, 3.63) is 39.7 Å². The molecule has 0 spiro atoms. The Morgan fingerprint density at radius 1 is 1.27 bits per heavy atom. The van der Waals surface area contributed by atoms with Gasteiger partial charge in [-0.2, -0.15) is 13.2 Å². The van der Waals surface area contributed by atoms with E-state index in [2.05, 4.69) is 25.8 Å². The summed E-state index contributed by atoms with van der Waals surface area (Å²) in [6, 6.07) is 3.04. The van der Waals surface area contributed by atoms with E-state index in [-0.39, 0.29) is 26.5 Å². The van der Waals surface area contributed by atoms with Crippen LogP contribution in [0.25, 0.3) is 0 Å². The summed E-state index contributed by atoms with van der Waals surface area (Å²) >= 11 is 2.79. The van der Waals surface area contributed by atoms with E-state index in [1.807, 2.05) is 0 Å². The normalized spacial score (nSPS) is 12.5. The summed E-state index contributed by atoms with van der Waals surface area (Å²) in [4.78, 5) is -0.191. The Morgan fingerprint density at radius 3 is 2.41 bits per heavy atom. The fourth-order valence-corrected chi connectivity index (χ4v) is 3.72. The number of benzene rings is 1. The first-order chi connectivity index (χ1) is 10.0. The molecule has 2 aromatic rings. The Morgan fingerprint density at radius 2 is 1.91 bits per heavy atom. The van der Waals surface area contributed by atoms with Gasteiger partial charge in [-0.3, -0.25) is 4.72 Å². The predicted octanol–water partition coefficient (Wildman–Crippen LogP) is 3.87. The molecule has 1 aromatic carbocycles. The molecular weight excluding hydrogens is 389 g/mol. The minimum absolute atomic E-state index is 0.0538. The molecular formula is C12H10BrF3N2O3S. The number of hydrogen-bond donors (Lipinski definition) is 1. The molecule has 0 bridgehead atoms. The molecule has 22 heavy (non-hydrogen) atoms. The van der Waals surface area contributed by atoms with Crippen molar-refractivity contribution in [3.8, 4) is 0 Å². The molecule has 5 nitrogen and oxygen atoms in total. The topological polar surface area (TPSA) is 72.2 Å². The summed E-state index contributed by atoms with van der Waals surface area (Å²) in [7, 11) is -4.10. The van der Waals surface area contributed by atoms with Crippen LogP contribution in [0.1, 0.15) is 17.0 Å². The van der Waals surface area contributed by atoms with E-state index < -0.39 is 21.8 Å². The molecule has 1 heterocycles. The highest BCUT2D eigenvalue weighted by Gasteiger charge is 2.33. The highest BCUT2D eigenvalue weighted by atomic mass is 79.9. The maximum atomic E-state index is 12.8. The lowest BCUT2D eigenvalue weighted by Crippen LogP contribution is -2.15. The second-order valence-electron chi connectivity index (χ2n) is 4.45. The number of halogens is 4. The lowest BCUT2D eigenvalue weighted by molar-refractivity contribution is -0.138. The summed E-state index contributed by atoms with van der Waals surface area (Å²) in [5, 5.41) is 3.51. The second kappa shape index (κ2) is 5.58. The molecule has 1 N–H and O–H groups in total. The molecule has 0 amide bonds. The summed E-state index contributed by atoms with van der Waals surface area (Å²) < 4.78 is 69.7. The molecule has 120 valence electrons. The smallest absolute Gasteiger partial charge is 0.360 e. The Kier molecular flexibility index (Phi) is 4.26. The number of alkyl halides is 3. The third-order valence-corrected chi connectivity index (χ3v) is 5.08. The molecule has 0 unspecified atom stereocenters. The highest BCUT2D eigenvalue weighted by molar-refractivity contribution is 9.10. The maximum Gasteiger partial charge on any atom is 0.417 e. The molecule has 10 heteroatoms. The number of aryl methyl sites for hydroxylation is 2. The van der Waals surface area contributed by atoms with Crippen molar-refractivity contribution in [1.29, 1.82) is 0 Å². The standard InChI is InChI=1S/C12H10BrF3N2O3S/c1-6-11(7(2)21-17-6)22(19,20)18-8-3-4-10(13)9(5-8)12(14,15)16/h3-5,18H,1-2H3. The molecule has 2 rings (SSSR count). The molecule has 0 radical (unpaired) electrons. The van der Waals surface area contributed by atoms with E-state index in [0.29, 0.717) is 6.07 Å². The average Bonchev–Trinajstić information content (AvgIpc) is 2.70. The Hall–Kier alpha value is -1.55. The van der Waals surface area contributed by atoms with Crippen LogP contribution in [-0.4, -0.2) is 13.6 Å². The average molecular weight is 399 g/mol. The zero-order valence-electron chi connectivity index (χ0n) is 11.3. The van der Waals surface area contributed by atoms with Gasteiger partial charge in [0.2, 0.25) is 0 Å². The van der Waals surface area contributed by atoms with Crippen molar-refractivity contribution >= 4 is 31.6 Å². The van der Waals surface area contributed by atoms with Gasteiger partial charge in [-0.15, -0.1) is 0 Å². The van der Waals surface area contributed by atoms with E-state index in [1.165, 1.54) is 19.9 Å². The first kappa shape index (κ1) is 16.8. The summed E-state index contributed by atoms with van der Waals surface area (Å²) in [5.74, 6) is 0.0538. The number of aromatic nitrogens is 1. The lowest BCUT2D eigenvalue weighted by Gasteiger charge is -2.12. The Balaban J connectivity index is 2.43. The number of sulfonamides is 1. The Bertz CT molecular complexity index is 796. The third-order valence-electron chi connectivity index (χ3n) is 2.76. The van der Waals surface area contributed by atoms with Gasteiger partial charge in [0.1, 0.15) is 5.69 Å². The minimum Gasteiger partial charge on any atom is -0.360 e. The van der Waals surface area contributed by atoms with Crippen LogP contribution in [0.4, 0.5) is 18.9 Å². The van der Waals surface area contributed by atoms with E-state index in [9.17, 15) is 21.6 Å². The summed E-state index contributed by atoms with van der Waals surface area (Å²) in [5.41, 5.74) is -1.07. The van der Waals surface area contributed by atoms with Crippen LogP contribution >= 0.6 is 15.9 Å². The minimum atomic E-state index is -4.61. The number of nitrogens with zero attached hydrogens (tertiary/aromatic N) is 1. The number of rotatable bonds is 3. The van der Waals surface area contributed by atoms with Gasteiger partial charge in [-0.25, -0.2) is 8.42 Å². The maximum absolute atomic E-state index is 12.8. The van der Waals surface area contributed by atoms with Crippen molar-refractivity contribution in [3.63, 3.8) is 0 Å². The predicted molar refractivity (Wildman–Crippen MR) is 75.9 cm³/mol.